The van der Waals surface area contributed by atoms with Gasteiger partial charge in [0.05, 0.1) is 0 Å². The third-order valence-corrected chi connectivity index (χ3v) is 6.20. The van der Waals surface area contributed by atoms with Gasteiger partial charge in [0.15, 0.2) is 18.2 Å². The van der Waals surface area contributed by atoms with Crippen LogP contribution in [0.1, 0.15) is 61.4 Å². The minimum Gasteiger partial charge on any atom is -0.353 e. The lowest BCUT2D eigenvalue weighted by Gasteiger charge is -2.43. The summed E-state index contributed by atoms with van der Waals surface area (Å²) in [7, 11) is 0. The van der Waals surface area contributed by atoms with E-state index in [0.717, 1.165) is 43.8 Å². The summed E-state index contributed by atoms with van der Waals surface area (Å²) in [5.74, 6) is 2.45. The maximum absolute atomic E-state index is 6.30. The molecule has 0 N–H and O–H groups in total. The predicted octanol–water partition coefficient (Wildman–Crippen LogP) is 3.51. The molecule has 1 aromatic carbocycles. The maximum Gasteiger partial charge on any atom is 0.260 e. The molecule has 3 atom stereocenters. The second-order valence-electron chi connectivity index (χ2n) is 7.96. The number of piperidine rings is 3. The summed E-state index contributed by atoms with van der Waals surface area (Å²) in [6.07, 6.45) is 5.02. The lowest BCUT2D eigenvalue weighted by molar-refractivity contribution is -0.185. The van der Waals surface area contributed by atoms with Crippen LogP contribution in [0.5, 0.6) is 0 Å². The largest absolute Gasteiger partial charge is 0.353 e. The first-order valence-corrected chi connectivity index (χ1v) is 10.2. The maximum atomic E-state index is 6.30. The lowest BCUT2D eigenvalue weighted by atomic mass is 9.79. The van der Waals surface area contributed by atoms with Gasteiger partial charge in [-0.25, -0.2) is 0 Å². The Morgan fingerprint density at radius 2 is 1.93 bits per heavy atom. The van der Waals surface area contributed by atoms with Gasteiger partial charge in [0.2, 0.25) is 0 Å². The van der Waals surface area contributed by atoms with E-state index in [1.165, 1.54) is 25.9 Å². The van der Waals surface area contributed by atoms with E-state index in [0.29, 0.717) is 17.7 Å². The molecule has 0 saturated carbocycles. The van der Waals surface area contributed by atoms with Crippen molar-refractivity contribution in [3.63, 3.8) is 0 Å². The molecule has 2 bridgehead atoms. The normalized spacial score (nSPS) is 31.7. The van der Waals surface area contributed by atoms with Gasteiger partial charge in [-0.05, 0) is 56.7 Å². The van der Waals surface area contributed by atoms with Crippen LogP contribution in [0.2, 0.25) is 0 Å². The molecule has 1 aromatic heterocycles. The average molecular weight is 369 g/mol. The fourth-order valence-corrected chi connectivity index (χ4v) is 4.64. The molecule has 0 spiro atoms. The highest BCUT2D eigenvalue weighted by Crippen LogP contribution is 2.38. The van der Waals surface area contributed by atoms with Crippen LogP contribution in [0.15, 0.2) is 34.9 Å². The molecule has 6 rings (SSSR count). The summed E-state index contributed by atoms with van der Waals surface area (Å²) in [5, 5.41) is 4.36. The number of aromatic nitrogens is 2. The number of benzene rings is 1. The zero-order chi connectivity index (χ0) is 18.1. The molecule has 0 radical (unpaired) electrons. The van der Waals surface area contributed by atoms with Crippen LogP contribution in [0.3, 0.4) is 0 Å². The Hall–Kier alpha value is -1.76. The molecule has 3 unspecified atom stereocenters. The third-order valence-electron chi connectivity index (χ3n) is 6.20. The smallest absolute Gasteiger partial charge is 0.260 e. The van der Waals surface area contributed by atoms with Crippen molar-refractivity contribution in [3.8, 4) is 0 Å². The van der Waals surface area contributed by atoms with E-state index < -0.39 is 0 Å². The van der Waals surface area contributed by atoms with Gasteiger partial charge in [0, 0.05) is 19.1 Å². The number of hydrogen-bond acceptors (Lipinski definition) is 6. The van der Waals surface area contributed by atoms with E-state index in [4.69, 9.17) is 19.0 Å². The molecular formula is C21H27N3O3. The van der Waals surface area contributed by atoms with Crippen molar-refractivity contribution in [3.05, 3.63) is 47.6 Å². The van der Waals surface area contributed by atoms with Crippen molar-refractivity contribution < 1.29 is 14.0 Å². The first-order chi connectivity index (χ1) is 13.4. The Bertz CT molecular complexity index is 736. The van der Waals surface area contributed by atoms with Gasteiger partial charge in [-0.1, -0.05) is 35.5 Å². The van der Waals surface area contributed by atoms with E-state index in [1.807, 2.05) is 30.3 Å². The van der Waals surface area contributed by atoms with Crippen LogP contribution in [-0.2, 0) is 9.47 Å². The van der Waals surface area contributed by atoms with Crippen molar-refractivity contribution >= 4 is 0 Å². The van der Waals surface area contributed by atoms with E-state index >= 15 is 0 Å². The molecule has 0 aliphatic carbocycles. The molecule has 144 valence electrons. The molecule has 2 aromatic rings. The Morgan fingerprint density at radius 1 is 1.07 bits per heavy atom. The van der Waals surface area contributed by atoms with Crippen LogP contribution in [-0.4, -0.2) is 47.6 Å². The number of hydrogen-bond donors (Lipinski definition) is 0. The van der Waals surface area contributed by atoms with Crippen LogP contribution in [0.4, 0.5) is 0 Å². The van der Waals surface area contributed by atoms with Crippen molar-refractivity contribution in [1.29, 1.82) is 0 Å². The van der Waals surface area contributed by atoms with Gasteiger partial charge in [-0.15, -0.1) is 0 Å². The Balaban J connectivity index is 1.39. The van der Waals surface area contributed by atoms with Gasteiger partial charge in [-0.3, -0.25) is 0 Å². The molecule has 0 amide bonds. The number of nitrogens with zero attached hydrogens (tertiary/aromatic N) is 3. The Labute approximate surface area is 159 Å². The van der Waals surface area contributed by atoms with Gasteiger partial charge in [-0.2, -0.15) is 4.98 Å². The molecule has 4 fully saturated rings. The minimum atomic E-state index is -0.378. The highest BCUT2D eigenvalue weighted by Gasteiger charge is 2.38. The molecule has 5 heterocycles. The zero-order valence-corrected chi connectivity index (χ0v) is 15.6. The summed E-state index contributed by atoms with van der Waals surface area (Å²) in [4.78, 5) is 7.33. The number of rotatable bonds is 5. The van der Waals surface area contributed by atoms with Gasteiger partial charge in [0.1, 0.15) is 0 Å². The molecule has 4 aliphatic heterocycles. The zero-order valence-electron chi connectivity index (χ0n) is 15.6. The SMILES string of the molecule is c1ccc(C(OC2CCCCO2)c2nc(C3CN4CCC3CC4)no2)cc1. The second kappa shape index (κ2) is 7.70. The highest BCUT2D eigenvalue weighted by atomic mass is 16.7. The topological polar surface area (TPSA) is 60.6 Å². The lowest BCUT2D eigenvalue weighted by Crippen LogP contribution is -2.46. The molecule has 4 aliphatic rings. The standard InChI is InChI=1S/C21H27N3O3/c1-2-6-16(7-3-1)19(26-18-8-4-5-13-25-18)21-22-20(23-27-21)17-14-24-11-9-15(17)10-12-24/h1-3,6-7,15,17-19H,4-5,8-14H2. The third kappa shape index (κ3) is 3.66. The van der Waals surface area contributed by atoms with E-state index in [1.54, 1.807) is 0 Å². The van der Waals surface area contributed by atoms with E-state index in [-0.39, 0.29) is 12.4 Å². The van der Waals surface area contributed by atoms with E-state index in [9.17, 15) is 0 Å². The monoisotopic (exact) mass is 369 g/mol. The van der Waals surface area contributed by atoms with Crippen LogP contribution in [0.25, 0.3) is 0 Å². The molecule has 6 nitrogen and oxygen atoms in total. The summed E-state index contributed by atoms with van der Waals surface area (Å²) in [6.45, 7) is 4.22. The molecular weight excluding hydrogens is 342 g/mol. The number of fused-ring (bicyclic) bond motifs is 3. The van der Waals surface area contributed by atoms with Crippen molar-refractivity contribution in [1.82, 2.24) is 15.0 Å². The first kappa shape index (κ1) is 17.3. The van der Waals surface area contributed by atoms with Crippen molar-refractivity contribution in [2.24, 2.45) is 5.92 Å². The number of ether oxygens (including phenoxy) is 2. The highest BCUT2D eigenvalue weighted by molar-refractivity contribution is 5.22. The summed E-state index contributed by atoms with van der Waals surface area (Å²) in [5.41, 5.74) is 1.02. The summed E-state index contributed by atoms with van der Waals surface area (Å²) >= 11 is 0. The molecule has 6 heteroatoms. The molecule has 27 heavy (non-hydrogen) atoms. The molecule has 4 saturated heterocycles. The quantitative estimate of drug-likeness (QED) is 0.804. The van der Waals surface area contributed by atoms with Gasteiger partial charge >= 0.3 is 0 Å². The van der Waals surface area contributed by atoms with E-state index in [2.05, 4.69) is 10.1 Å². The average Bonchev–Trinajstić information content (AvgIpc) is 3.24. The summed E-state index contributed by atoms with van der Waals surface area (Å²) in [6, 6.07) is 10.1. The first-order valence-electron chi connectivity index (χ1n) is 10.2. The predicted molar refractivity (Wildman–Crippen MR) is 99.2 cm³/mol. The summed E-state index contributed by atoms with van der Waals surface area (Å²) < 4.78 is 17.8. The van der Waals surface area contributed by atoms with Crippen molar-refractivity contribution in [2.75, 3.05) is 26.2 Å². The fourth-order valence-electron chi connectivity index (χ4n) is 4.64. The van der Waals surface area contributed by atoms with Gasteiger partial charge < -0.3 is 18.9 Å². The van der Waals surface area contributed by atoms with Crippen LogP contribution < -0.4 is 0 Å². The Kier molecular flexibility index (Phi) is 4.95. The van der Waals surface area contributed by atoms with Crippen LogP contribution >= 0.6 is 0 Å². The second-order valence-corrected chi connectivity index (χ2v) is 7.96. The minimum absolute atomic E-state index is 0.212. The Morgan fingerprint density at radius 3 is 2.63 bits per heavy atom. The fraction of sp³-hybridized carbons (Fsp3) is 0.619. The van der Waals surface area contributed by atoms with Gasteiger partial charge in [0.25, 0.3) is 5.89 Å². The van der Waals surface area contributed by atoms with Crippen molar-refractivity contribution in [2.45, 2.75) is 50.4 Å². The van der Waals surface area contributed by atoms with Crippen LogP contribution in [0, 0.1) is 5.92 Å².